The van der Waals surface area contributed by atoms with Gasteiger partial charge in [0.1, 0.15) is 0 Å². The minimum atomic E-state index is -0.1000. The van der Waals surface area contributed by atoms with Crippen molar-refractivity contribution < 1.29 is 5.11 Å². The van der Waals surface area contributed by atoms with Gasteiger partial charge in [-0.1, -0.05) is 30.3 Å². The molecule has 4 N–H and O–H groups in total. The number of nitrogens with zero attached hydrogens (tertiary/aromatic N) is 1. The van der Waals surface area contributed by atoms with Crippen LogP contribution in [0.25, 0.3) is 0 Å². The van der Waals surface area contributed by atoms with Crippen LogP contribution in [0.1, 0.15) is 30.7 Å². The highest BCUT2D eigenvalue weighted by Gasteiger charge is 2.54. The fourth-order valence-corrected chi connectivity index (χ4v) is 2.63. The fraction of sp³-hybridized carbons (Fsp3) is 0.533. The van der Waals surface area contributed by atoms with Gasteiger partial charge >= 0.3 is 0 Å². The molecule has 2 unspecified atom stereocenters. The van der Waals surface area contributed by atoms with E-state index in [2.05, 4.69) is 22.4 Å². The number of hydrogen-bond donors (Lipinski definition) is 3. The molecule has 0 spiro atoms. The molecule has 0 bridgehead atoms. The molecule has 3 rings (SSSR count). The average molecular weight is 259 g/mol. The first-order valence-electron chi connectivity index (χ1n) is 6.96. The minimum Gasteiger partial charge on any atom is -0.396 e. The van der Waals surface area contributed by atoms with Gasteiger partial charge in [-0.3, -0.25) is 4.99 Å². The molecule has 2 aliphatic carbocycles. The summed E-state index contributed by atoms with van der Waals surface area (Å²) in [5.41, 5.74) is 7.04. The van der Waals surface area contributed by atoms with Crippen molar-refractivity contribution in [3.05, 3.63) is 35.9 Å². The van der Waals surface area contributed by atoms with Crippen LogP contribution < -0.4 is 11.1 Å². The molecule has 0 radical (unpaired) electrons. The summed E-state index contributed by atoms with van der Waals surface area (Å²) in [4.78, 5) is 4.41. The van der Waals surface area contributed by atoms with E-state index in [0.717, 1.165) is 6.42 Å². The van der Waals surface area contributed by atoms with Gasteiger partial charge in [0.2, 0.25) is 0 Å². The molecule has 2 aliphatic rings. The van der Waals surface area contributed by atoms with Gasteiger partial charge in [0, 0.05) is 11.5 Å². The van der Waals surface area contributed by atoms with Crippen molar-refractivity contribution in [2.75, 3.05) is 13.2 Å². The number of nitrogens with two attached hydrogens (primary N) is 1. The molecule has 2 saturated carbocycles. The molecule has 1 aromatic rings. The van der Waals surface area contributed by atoms with Crippen LogP contribution in [-0.4, -0.2) is 30.3 Å². The second-order valence-electron chi connectivity index (χ2n) is 5.81. The Labute approximate surface area is 113 Å². The van der Waals surface area contributed by atoms with E-state index >= 15 is 0 Å². The van der Waals surface area contributed by atoms with Gasteiger partial charge < -0.3 is 16.2 Å². The van der Waals surface area contributed by atoms with E-state index in [1.54, 1.807) is 0 Å². The lowest BCUT2D eigenvalue weighted by Crippen LogP contribution is -2.34. The van der Waals surface area contributed by atoms with Gasteiger partial charge in [-0.05, 0) is 30.7 Å². The zero-order chi connectivity index (χ0) is 13.3. The number of benzene rings is 1. The first-order chi connectivity index (χ1) is 9.23. The van der Waals surface area contributed by atoms with Crippen molar-refractivity contribution in [2.24, 2.45) is 16.1 Å². The summed E-state index contributed by atoms with van der Waals surface area (Å²) in [7, 11) is 0. The third-order valence-corrected chi connectivity index (χ3v) is 4.20. The largest absolute Gasteiger partial charge is 0.396 e. The van der Waals surface area contributed by atoms with Gasteiger partial charge in [0.15, 0.2) is 5.96 Å². The minimum absolute atomic E-state index is 0.1000. The SMILES string of the molecule is NC(=NCC1(CO)CC1c1ccccc1)NC1CC1. The first kappa shape index (κ1) is 12.5. The Morgan fingerprint density at radius 1 is 1.37 bits per heavy atom. The summed E-state index contributed by atoms with van der Waals surface area (Å²) in [5.74, 6) is 0.935. The highest BCUT2D eigenvalue weighted by atomic mass is 16.3. The highest BCUT2D eigenvalue weighted by molar-refractivity contribution is 5.78. The molecular weight excluding hydrogens is 238 g/mol. The fourth-order valence-electron chi connectivity index (χ4n) is 2.63. The number of hydrogen-bond acceptors (Lipinski definition) is 2. The maximum Gasteiger partial charge on any atom is 0.188 e. The van der Waals surface area contributed by atoms with Crippen molar-refractivity contribution in [2.45, 2.75) is 31.2 Å². The summed E-state index contributed by atoms with van der Waals surface area (Å²) >= 11 is 0. The average Bonchev–Trinajstić information content (AvgIpc) is 3.33. The van der Waals surface area contributed by atoms with Crippen molar-refractivity contribution in [3.63, 3.8) is 0 Å². The van der Waals surface area contributed by atoms with E-state index in [9.17, 15) is 5.11 Å². The molecule has 2 fully saturated rings. The molecule has 0 amide bonds. The lowest BCUT2D eigenvalue weighted by atomic mass is 10.00. The monoisotopic (exact) mass is 259 g/mol. The van der Waals surface area contributed by atoms with E-state index in [-0.39, 0.29) is 12.0 Å². The molecule has 19 heavy (non-hydrogen) atoms. The molecule has 4 nitrogen and oxygen atoms in total. The molecule has 4 heteroatoms. The van der Waals surface area contributed by atoms with Crippen LogP contribution in [0.4, 0.5) is 0 Å². The quantitative estimate of drug-likeness (QED) is 0.550. The number of aliphatic hydroxyl groups excluding tert-OH is 1. The highest BCUT2D eigenvalue weighted by Crippen LogP contribution is 2.59. The maximum absolute atomic E-state index is 9.66. The van der Waals surface area contributed by atoms with E-state index in [1.165, 1.54) is 18.4 Å². The summed E-state index contributed by atoms with van der Waals surface area (Å²) in [5, 5.41) is 12.8. The van der Waals surface area contributed by atoms with Gasteiger partial charge in [0.05, 0.1) is 13.2 Å². The summed E-state index contributed by atoms with van der Waals surface area (Å²) in [6.45, 7) is 0.779. The molecule has 2 atom stereocenters. The van der Waals surface area contributed by atoms with Gasteiger partial charge in [-0.25, -0.2) is 0 Å². The van der Waals surface area contributed by atoms with Crippen molar-refractivity contribution >= 4 is 5.96 Å². The Bertz CT molecular complexity index is 470. The van der Waals surface area contributed by atoms with Crippen LogP contribution in [0, 0.1) is 5.41 Å². The summed E-state index contributed by atoms with van der Waals surface area (Å²) in [6.07, 6.45) is 3.37. The molecule has 0 aliphatic heterocycles. The predicted molar refractivity (Wildman–Crippen MR) is 76.0 cm³/mol. The Balaban J connectivity index is 1.62. The van der Waals surface area contributed by atoms with Crippen LogP contribution in [0.3, 0.4) is 0 Å². The molecule has 0 heterocycles. The molecule has 102 valence electrons. The van der Waals surface area contributed by atoms with E-state index in [0.29, 0.717) is 24.5 Å². The van der Waals surface area contributed by atoms with E-state index < -0.39 is 0 Å². The van der Waals surface area contributed by atoms with Crippen LogP contribution in [0.5, 0.6) is 0 Å². The number of aliphatic hydroxyl groups is 1. The Morgan fingerprint density at radius 3 is 2.74 bits per heavy atom. The number of nitrogens with one attached hydrogen (secondary N) is 1. The zero-order valence-electron chi connectivity index (χ0n) is 11.0. The summed E-state index contributed by atoms with van der Waals surface area (Å²) < 4.78 is 0. The standard InChI is InChI=1S/C15H21N3O/c16-14(18-12-6-7-12)17-9-15(10-19)8-13(15)11-4-2-1-3-5-11/h1-5,12-13,19H,6-10H2,(H3,16,17,18). The lowest BCUT2D eigenvalue weighted by Gasteiger charge is -2.12. The van der Waals surface area contributed by atoms with Gasteiger partial charge in [0.25, 0.3) is 0 Å². The zero-order valence-corrected chi connectivity index (χ0v) is 11.0. The summed E-state index contributed by atoms with van der Waals surface area (Å²) in [6, 6.07) is 10.9. The van der Waals surface area contributed by atoms with Crippen LogP contribution in [-0.2, 0) is 0 Å². The van der Waals surface area contributed by atoms with E-state index in [1.807, 2.05) is 18.2 Å². The molecule has 0 aromatic heterocycles. The van der Waals surface area contributed by atoms with Crippen molar-refractivity contribution in [1.29, 1.82) is 0 Å². The second-order valence-corrected chi connectivity index (χ2v) is 5.81. The van der Waals surface area contributed by atoms with Gasteiger partial charge in [-0.15, -0.1) is 0 Å². The topological polar surface area (TPSA) is 70.6 Å². The predicted octanol–water partition coefficient (Wildman–Crippen LogP) is 1.22. The Hall–Kier alpha value is -1.55. The van der Waals surface area contributed by atoms with Crippen LogP contribution in [0.15, 0.2) is 35.3 Å². The molecule has 0 saturated heterocycles. The first-order valence-corrected chi connectivity index (χ1v) is 6.96. The maximum atomic E-state index is 9.66. The lowest BCUT2D eigenvalue weighted by molar-refractivity contribution is 0.212. The van der Waals surface area contributed by atoms with Crippen molar-refractivity contribution in [1.82, 2.24) is 5.32 Å². The normalized spacial score (nSPS) is 30.2. The third-order valence-electron chi connectivity index (χ3n) is 4.20. The Morgan fingerprint density at radius 2 is 2.11 bits per heavy atom. The van der Waals surface area contributed by atoms with E-state index in [4.69, 9.17) is 5.73 Å². The Kier molecular flexibility index (Phi) is 3.19. The molecule has 1 aromatic carbocycles. The van der Waals surface area contributed by atoms with Crippen LogP contribution >= 0.6 is 0 Å². The molecular formula is C15H21N3O. The van der Waals surface area contributed by atoms with Crippen molar-refractivity contribution in [3.8, 4) is 0 Å². The number of aliphatic imine (C=N–C) groups is 1. The number of guanidine groups is 1. The number of rotatable bonds is 5. The smallest absolute Gasteiger partial charge is 0.188 e. The van der Waals surface area contributed by atoms with Crippen LogP contribution in [0.2, 0.25) is 0 Å². The van der Waals surface area contributed by atoms with Gasteiger partial charge in [-0.2, -0.15) is 0 Å². The second kappa shape index (κ2) is 4.85. The third kappa shape index (κ3) is 2.73.